The number of hydrogen-bond donors (Lipinski definition) is 1. The summed E-state index contributed by atoms with van der Waals surface area (Å²) >= 11 is 2.57. The fourth-order valence-corrected chi connectivity index (χ4v) is 1.71. The summed E-state index contributed by atoms with van der Waals surface area (Å²) in [5.41, 5.74) is -2.89. The van der Waals surface area contributed by atoms with Crippen LogP contribution in [0.2, 0.25) is 0 Å². The molecule has 3 nitrogen and oxygen atoms in total. The van der Waals surface area contributed by atoms with E-state index in [0.717, 1.165) is 0 Å². The van der Waals surface area contributed by atoms with Crippen LogP contribution >= 0.6 is 15.9 Å². The summed E-state index contributed by atoms with van der Waals surface area (Å²) in [7, 11) is 0. The Balaban J connectivity index is 3.50. The predicted octanol–water partition coefficient (Wildman–Crippen LogP) is 3.64. The van der Waals surface area contributed by atoms with Gasteiger partial charge in [-0.1, -0.05) is 15.9 Å². The molecule has 0 unspecified atom stereocenters. The van der Waals surface area contributed by atoms with E-state index in [9.17, 15) is 41.0 Å². The van der Waals surface area contributed by atoms with Crippen LogP contribution in [0.15, 0.2) is 16.6 Å². The van der Waals surface area contributed by atoms with Crippen molar-refractivity contribution in [2.24, 2.45) is 0 Å². The Hall–Kier alpha value is -1.58. The molecule has 1 rings (SSSR count). The van der Waals surface area contributed by atoms with Crippen LogP contribution in [-0.4, -0.2) is 29.0 Å². The molecule has 0 radical (unpaired) electrons. The molecule has 1 aromatic carbocycles. The molecule has 0 amide bonds. The molecular formula is C10H3BrF6O3. The second-order valence-corrected chi connectivity index (χ2v) is 4.42. The maximum atomic E-state index is 12.2. The second kappa shape index (κ2) is 5.08. The van der Waals surface area contributed by atoms with Crippen LogP contribution in [0.1, 0.15) is 20.7 Å². The lowest BCUT2D eigenvalue weighted by Gasteiger charge is -2.12. The smallest absolute Gasteiger partial charge is 0.455 e. The fourth-order valence-electron chi connectivity index (χ4n) is 1.25. The Labute approximate surface area is 115 Å². The average molecular weight is 365 g/mol. The van der Waals surface area contributed by atoms with Crippen LogP contribution in [0.4, 0.5) is 26.3 Å². The maximum Gasteiger partial charge on any atom is 0.455 e. The molecule has 0 saturated carbocycles. The van der Waals surface area contributed by atoms with Gasteiger partial charge in [0.25, 0.3) is 11.6 Å². The number of phenolic OH excluding ortho intramolecular Hbond substituents is 1. The van der Waals surface area contributed by atoms with Gasteiger partial charge in [0.2, 0.25) is 0 Å². The minimum absolute atomic E-state index is 0.393. The highest BCUT2D eigenvalue weighted by molar-refractivity contribution is 9.10. The third-order valence-corrected chi connectivity index (χ3v) is 2.54. The molecule has 0 bridgehead atoms. The number of phenols is 1. The van der Waals surface area contributed by atoms with Crippen LogP contribution < -0.4 is 0 Å². The number of benzene rings is 1. The highest BCUT2D eigenvalue weighted by Gasteiger charge is 2.44. The zero-order valence-corrected chi connectivity index (χ0v) is 10.7. The Morgan fingerprint density at radius 1 is 0.900 bits per heavy atom. The largest absolute Gasteiger partial charge is 0.506 e. The van der Waals surface area contributed by atoms with Crippen molar-refractivity contribution in [1.29, 1.82) is 0 Å². The Kier molecular flexibility index (Phi) is 4.18. The Bertz CT molecular complexity index is 528. The zero-order valence-electron chi connectivity index (χ0n) is 9.06. The van der Waals surface area contributed by atoms with Gasteiger partial charge in [-0.05, 0) is 12.1 Å². The number of ketones is 2. The third kappa shape index (κ3) is 3.30. The lowest BCUT2D eigenvalue weighted by atomic mass is 10.0. The molecule has 0 spiro atoms. The van der Waals surface area contributed by atoms with Gasteiger partial charge >= 0.3 is 12.4 Å². The summed E-state index contributed by atoms with van der Waals surface area (Å²) in [5.74, 6) is -6.79. The van der Waals surface area contributed by atoms with Gasteiger partial charge in [0.05, 0.1) is 11.1 Å². The molecule has 0 atom stereocenters. The van der Waals surface area contributed by atoms with E-state index in [1.165, 1.54) is 0 Å². The first kappa shape index (κ1) is 16.5. The lowest BCUT2D eigenvalue weighted by Crippen LogP contribution is -2.26. The van der Waals surface area contributed by atoms with Gasteiger partial charge in [-0.2, -0.15) is 26.3 Å². The molecule has 0 aromatic heterocycles. The molecule has 20 heavy (non-hydrogen) atoms. The first-order valence-corrected chi connectivity index (χ1v) is 5.40. The van der Waals surface area contributed by atoms with Crippen molar-refractivity contribution in [3.05, 3.63) is 27.7 Å². The summed E-state index contributed by atoms with van der Waals surface area (Å²) in [6.45, 7) is 0. The van der Waals surface area contributed by atoms with Gasteiger partial charge in [-0.3, -0.25) is 9.59 Å². The van der Waals surface area contributed by atoms with Crippen LogP contribution in [0.5, 0.6) is 5.75 Å². The number of carbonyl (C=O) groups is 2. The first-order chi connectivity index (χ1) is 8.85. The maximum absolute atomic E-state index is 12.2. The highest BCUT2D eigenvalue weighted by Crippen LogP contribution is 2.35. The molecule has 110 valence electrons. The van der Waals surface area contributed by atoms with E-state index >= 15 is 0 Å². The number of alkyl halides is 6. The molecule has 10 heteroatoms. The summed E-state index contributed by atoms with van der Waals surface area (Å²) in [6.07, 6.45) is -10.8. The fraction of sp³-hybridized carbons (Fsp3) is 0.200. The van der Waals surface area contributed by atoms with E-state index in [4.69, 9.17) is 0 Å². The van der Waals surface area contributed by atoms with Crippen molar-refractivity contribution < 1.29 is 41.0 Å². The molecule has 0 aliphatic rings. The topological polar surface area (TPSA) is 54.4 Å². The number of Topliss-reactive ketones (excluding diaryl/α,β-unsaturated/α-hetero) is 2. The summed E-state index contributed by atoms with van der Waals surface area (Å²) in [4.78, 5) is 21.9. The number of carbonyl (C=O) groups excluding carboxylic acids is 2. The van der Waals surface area contributed by atoms with E-state index in [-0.39, 0.29) is 0 Å². The lowest BCUT2D eigenvalue weighted by molar-refractivity contribution is -0.0890. The number of halogens is 7. The summed E-state index contributed by atoms with van der Waals surface area (Å²) in [6, 6.07) is 0.941. The number of hydrogen-bond acceptors (Lipinski definition) is 3. The monoisotopic (exact) mass is 364 g/mol. The second-order valence-electron chi connectivity index (χ2n) is 3.50. The predicted molar refractivity (Wildman–Crippen MR) is 56.6 cm³/mol. The molecule has 0 aliphatic carbocycles. The molecule has 1 N–H and O–H groups in total. The standard InChI is InChI=1S/C10H3BrF6O3/c11-3-1-4(7(19)9(12,13)14)6(18)5(2-3)8(20)10(15,16)17/h1-2,18H. The SMILES string of the molecule is O=C(c1cc(Br)cc(C(=O)C(F)(F)F)c1O)C(F)(F)F. The van der Waals surface area contributed by atoms with Crippen molar-refractivity contribution in [1.82, 2.24) is 0 Å². The zero-order chi connectivity index (χ0) is 15.9. The highest BCUT2D eigenvalue weighted by atomic mass is 79.9. The normalized spacial score (nSPS) is 12.3. The van der Waals surface area contributed by atoms with E-state index < -0.39 is 45.3 Å². The van der Waals surface area contributed by atoms with Crippen LogP contribution in [-0.2, 0) is 0 Å². The molecule has 0 fully saturated rings. The summed E-state index contributed by atoms with van der Waals surface area (Å²) < 4.78 is 73.0. The third-order valence-electron chi connectivity index (χ3n) is 2.08. The van der Waals surface area contributed by atoms with Gasteiger partial charge in [-0.25, -0.2) is 0 Å². The van der Waals surface area contributed by atoms with Crippen molar-refractivity contribution in [3.8, 4) is 5.75 Å². The van der Waals surface area contributed by atoms with E-state index in [1.807, 2.05) is 0 Å². The molecule has 0 heterocycles. The van der Waals surface area contributed by atoms with Crippen molar-refractivity contribution in [2.75, 3.05) is 0 Å². The van der Waals surface area contributed by atoms with Gasteiger partial charge < -0.3 is 5.11 Å². The first-order valence-electron chi connectivity index (χ1n) is 4.61. The molecule has 0 saturated heterocycles. The van der Waals surface area contributed by atoms with Gasteiger partial charge in [0.1, 0.15) is 5.75 Å². The van der Waals surface area contributed by atoms with E-state index in [0.29, 0.717) is 12.1 Å². The van der Waals surface area contributed by atoms with Crippen molar-refractivity contribution >= 4 is 27.5 Å². The number of aromatic hydroxyl groups is 1. The van der Waals surface area contributed by atoms with Crippen molar-refractivity contribution in [2.45, 2.75) is 12.4 Å². The van der Waals surface area contributed by atoms with Crippen LogP contribution in [0, 0.1) is 0 Å². The Morgan fingerprint density at radius 2 is 1.20 bits per heavy atom. The molecule has 1 aromatic rings. The van der Waals surface area contributed by atoms with Crippen molar-refractivity contribution in [3.63, 3.8) is 0 Å². The average Bonchev–Trinajstić information content (AvgIpc) is 2.27. The van der Waals surface area contributed by atoms with E-state index in [2.05, 4.69) is 15.9 Å². The van der Waals surface area contributed by atoms with E-state index in [1.54, 1.807) is 0 Å². The molecular weight excluding hydrogens is 362 g/mol. The van der Waals surface area contributed by atoms with Crippen LogP contribution in [0.25, 0.3) is 0 Å². The number of rotatable bonds is 2. The van der Waals surface area contributed by atoms with Gasteiger partial charge in [-0.15, -0.1) is 0 Å². The molecule has 0 aliphatic heterocycles. The summed E-state index contributed by atoms with van der Waals surface area (Å²) in [5, 5.41) is 9.32. The van der Waals surface area contributed by atoms with Gasteiger partial charge in [0.15, 0.2) is 0 Å². The minimum Gasteiger partial charge on any atom is -0.506 e. The van der Waals surface area contributed by atoms with Gasteiger partial charge in [0, 0.05) is 4.47 Å². The quantitative estimate of drug-likeness (QED) is 0.643. The minimum atomic E-state index is -5.41. The Morgan fingerprint density at radius 3 is 1.45 bits per heavy atom. The van der Waals surface area contributed by atoms with Crippen LogP contribution in [0.3, 0.4) is 0 Å².